The van der Waals surface area contributed by atoms with Gasteiger partial charge in [-0.25, -0.2) is 8.42 Å². The molecule has 10 heteroatoms. The van der Waals surface area contributed by atoms with Gasteiger partial charge in [0, 0.05) is 53.3 Å². The van der Waals surface area contributed by atoms with Crippen LogP contribution in [0.3, 0.4) is 0 Å². The predicted octanol–water partition coefficient (Wildman–Crippen LogP) is 3.87. The van der Waals surface area contributed by atoms with E-state index < -0.39 is 26.4 Å². The maximum Gasteiger partial charge on any atom is 0.271 e. The lowest BCUT2D eigenvalue weighted by atomic mass is 10.1. The zero-order valence-corrected chi connectivity index (χ0v) is 18.2. The first-order valence-corrected chi connectivity index (χ1v) is 12.2. The predicted molar refractivity (Wildman–Crippen MR) is 120 cm³/mol. The van der Waals surface area contributed by atoms with E-state index in [1.165, 1.54) is 10.4 Å². The quantitative estimate of drug-likeness (QED) is 0.460. The van der Waals surface area contributed by atoms with E-state index in [0.29, 0.717) is 5.69 Å². The molecule has 3 aromatic rings. The van der Waals surface area contributed by atoms with Crippen LogP contribution in [0.4, 0.5) is 17.1 Å². The van der Waals surface area contributed by atoms with E-state index in [4.69, 9.17) is 0 Å². The Labute approximate surface area is 183 Å². The monoisotopic (exact) mass is 457 g/mol. The van der Waals surface area contributed by atoms with Crippen LogP contribution < -0.4 is 10.2 Å². The SMILES string of the molecule is CS(=O)(=O)c1cc(C(=O)Nc2ccc(N3CCc4sccc4C3)cc2)cc([N+](=O)[O-])c1. The van der Waals surface area contributed by atoms with Crippen molar-refractivity contribution in [3.8, 4) is 0 Å². The summed E-state index contributed by atoms with van der Waals surface area (Å²) in [4.78, 5) is 26.4. The van der Waals surface area contributed by atoms with Crippen molar-refractivity contribution in [2.45, 2.75) is 17.9 Å². The standard InChI is InChI=1S/C21H19N3O5S2/c1-31(28,29)19-11-15(10-18(12-19)24(26)27)21(25)22-16-2-4-17(5-3-16)23-8-6-20-14(13-23)7-9-30-20/h2-5,7,9-12H,6,8,13H2,1H3,(H,22,25). The fraction of sp³-hybridized carbons (Fsp3) is 0.190. The van der Waals surface area contributed by atoms with Gasteiger partial charge in [-0.1, -0.05) is 0 Å². The van der Waals surface area contributed by atoms with Crippen molar-refractivity contribution in [1.82, 2.24) is 0 Å². The molecule has 8 nitrogen and oxygen atoms in total. The second kappa shape index (κ2) is 8.12. The highest BCUT2D eigenvalue weighted by atomic mass is 32.2. The van der Waals surface area contributed by atoms with E-state index >= 15 is 0 Å². The Balaban J connectivity index is 1.52. The minimum Gasteiger partial charge on any atom is -0.367 e. The molecule has 0 saturated heterocycles. The van der Waals surface area contributed by atoms with Crippen molar-refractivity contribution in [3.05, 3.63) is 80.0 Å². The molecule has 0 radical (unpaired) electrons. The highest BCUT2D eigenvalue weighted by molar-refractivity contribution is 7.90. The summed E-state index contributed by atoms with van der Waals surface area (Å²) in [6, 6.07) is 12.6. The Morgan fingerprint density at radius 2 is 1.90 bits per heavy atom. The molecule has 2 aromatic carbocycles. The molecular formula is C21H19N3O5S2. The van der Waals surface area contributed by atoms with Crippen LogP contribution >= 0.6 is 11.3 Å². The summed E-state index contributed by atoms with van der Waals surface area (Å²) in [5, 5.41) is 15.9. The number of anilines is 2. The molecular weight excluding hydrogens is 438 g/mol. The number of carbonyl (C=O) groups excluding carboxylic acids is 1. The van der Waals surface area contributed by atoms with Gasteiger partial charge in [0.1, 0.15) is 0 Å². The molecule has 1 aliphatic rings. The normalized spacial score (nSPS) is 13.5. The average molecular weight is 458 g/mol. The molecule has 1 aromatic heterocycles. The second-order valence-corrected chi connectivity index (χ2v) is 10.3. The topological polar surface area (TPSA) is 110 Å². The molecule has 1 aliphatic heterocycles. The third-order valence-electron chi connectivity index (χ3n) is 5.09. The fourth-order valence-corrected chi connectivity index (χ4v) is 5.03. The molecule has 0 saturated carbocycles. The van der Waals surface area contributed by atoms with Crippen molar-refractivity contribution in [3.63, 3.8) is 0 Å². The zero-order chi connectivity index (χ0) is 22.2. The van der Waals surface area contributed by atoms with Gasteiger partial charge in [0.2, 0.25) is 0 Å². The van der Waals surface area contributed by atoms with E-state index in [-0.39, 0.29) is 10.5 Å². The van der Waals surface area contributed by atoms with Crippen LogP contribution in [0, 0.1) is 10.1 Å². The fourth-order valence-electron chi connectivity index (χ4n) is 3.46. The van der Waals surface area contributed by atoms with Gasteiger partial charge < -0.3 is 10.2 Å². The van der Waals surface area contributed by atoms with Crippen LogP contribution in [0.1, 0.15) is 20.8 Å². The number of thiophene rings is 1. The maximum atomic E-state index is 12.6. The van der Waals surface area contributed by atoms with Crippen LogP contribution in [-0.4, -0.2) is 32.0 Å². The Morgan fingerprint density at radius 3 is 2.58 bits per heavy atom. The number of nitro groups is 1. The van der Waals surface area contributed by atoms with E-state index in [2.05, 4.69) is 21.7 Å². The van der Waals surface area contributed by atoms with Gasteiger partial charge in [0.25, 0.3) is 11.6 Å². The summed E-state index contributed by atoms with van der Waals surface area (Å²) in [7, 11) is -3.71. The molecule has 0 aliphatic carbocycles. The highest BCUT2D eigenvalue weighted by Gasteiger charge is 2.20. The van der Waals surface area contributed by atoms with Crippen molar-refractivity contribution in [1.29, 1.82) is 0 Å². The second-order valence-electron chi connectivity index (χ2n) is 7.29. The zero-order valence-electron chi connectivity index (χ0n) is 16.6. The number of nitro benzene ring substituents is 1. The molecule has 0 atom stereocenters. The van der Waals surface area contributed by atoms with Gasteiger partial charge in [-0.15, -0.1) is 11.3 Å². The number of hydrogen-bond acceptors (Lipinski definition) is 7. The average Bonchev–Trinajstić information content (AvgIpc) is 3.21. The summed E-state index contributed by atoms with van der Waals surface area (Å²) in [6.07, 6.45) is 1.94. The number of amides is 1. The number of sulfone groups is 1. The van der Waals surface area contributed by atoms with Crippen molar-refractivity contribution < 1.29 is 18.1 Å². The molecule has 0 bridgehead atoms. The van der Waals surface area contributed by atoms with E-state index in [1.807, 2.05) is 12.1 Å². The number of non-ortho nitro benzene ring substituents is 1. The van der Waals surface area contributed by atoms with Crippen LogP contribution in [0.25, 0.3) is 0 Å². The Morgan fingerprint density at radius 1 is 1.16 bits per heavy atom. The smallest absolute Gasteiger partial charge is 0.271 e. The number of carbonyl (C=O) groups is 1. The van der Waals surface area contributed by atoms with Crippen LogP contribution in [0.5, 0.6) is 0 Å². The Bertz CT molecular complexity index is 1270. The first-order chi connectivity index (χ1) is 14.7. The number of rotatable bonds is 5. The summed E-state index contributed by atoms with van der Waals surface area (Å²) >= 11 is 1.78. The van der Waals surface area contributed by atoms with Crippen LogP contribution in [-0.2, 0) is 22.8 Å². The minimum atomic E-state index is -3.71. The van der Waals surface area contributed by atoms with E-state index in [9.17, 15) is 23.3 Å². The molecule has 160 valence electrons. The molecule has 2 heterocycles. The van der Waals surface area contributed by atoms with Gasteiger partial charge in [0.15, 0.2) is 9.84 Å². The third kappa shape index (κ3) is 4.59. The van der Waals surface area contributed by atoms with Crippen molar-refractivity contribution in [2.24, 2.45) is 0 Å². The third-order valence-corrected chi connectivity index (χ3v) is 7.21. The van der Waals surface area contributed by atoms with E-state index in [0.717, 1.165) is 49.7 Å². The van der Waals surface area contributed by atoms with Crippen molar-refractivity contribution in [2.75, 3.05) is 23.0 Å². The lowest BCUT2D eigenvalue weighted by Crippen LogP contribution is -2.29. The lowest BCUT2D eigenvalue weighted by Gasteiger charge is -2.29. The molecule has 0 spiro atoms. The Hall–Kier alpha value is -3.24. The summed E-state index contributed by atoms with van der Waals surface area (Å²) < 4.78 is 23.7. The van der Waals surface area contributed by atoms with Gasteiger partial charge in [-0.3, -0.25) is 14.9 Å². The van der Waals surface area contributed by atoms with Gasteiger partial charge in [0.05, 0.1) is 9.82 Å². The molecule has 31 heavy (non-hydrogen) atoms. The summed E-state index contributed by atoms with van der Waals surface area (Å²) in [5.74, 6) is -0.623. The molecule has 4 rings (SSSR count). The van der Waals surface area contributed by atoms with Gasteiger partial charge in [-0.05, 0) is 53.8 Å². The molecule has 0 unspecified atom stereocenters. The maximum absolute atomic E-state index is 12.6. The highest BCUT2D eigenvalue weighted by Crippen LogP contribution is 2.29. The summed E-state index contributed by atoms with van der Waals surface area (Å²) in [5.41, 5.74) is 2.32. The number of nitrogens with one attached hydrogen (secondary N) is 1. The minimum absolute atomic E-state index is 0.0975. The van der Waals surface area contributed by atoms with Crippen LogP contribution in [0.15, 0.2) is 58.8 Å². The first kappa shape index (κ1) is 21.0. The van der Waals surface area contributed by atoms with Gasteiger partial charge >= 0.3 is 0 Å². The number of fused-ring (bicyclic) bond motifs is 1. The lowest BCUT2D eigenvalue weighted by molar-refractivity contribution is -0.385. The molecule has 1 amide bonds. The van der Waals surface area contributed by atoms with Crippen molar-refractivity contribution >= 4 is 44.1 Å². The number of nitrogens with zero attached hydrogens (tertiary/aromatic N) is 2. The largest absolute Gasteiger partial charge is 0.367 e. The first-order valence-electron chi connectivity index (χ1n) is 9.42. The van der Waals surface area contributed by atoms with Gasteiger partial charge in [-0.2, -0.15) is 0 Å². The summed E-state index contributed by atoms with van der Waals surface area (Å²) in [6.45, 7) is 1.76. The Kier molecular flexibility index (Phi) is 5.50. The van der Waals surface area contributed by atoms with E-state index in [1.54, 1.807) is 23.5 Å². The molecule has 0 fully saturated rings. The van der Waals surface area contributed by atoms with Crippen LogP contribution in [0.2, 0.25) is 0 Å². The number of hydrogen-bond donors (Lipinski definition) is 1. The molecule has 1 N–H and O–H groups in total. The number of benzene rings is 2.